The quantitative estimate of drug-likeness (QED) is 0.463. The number of fused-ring (bicyclic) bond motifs is 1. The molecular weight excluding hydrogens is 424 g/mol. The van der Waals surface area contributed by atoms with Crippen LogP contribution < -0.4 is 10.9 Å². The molecule has 0 aliphatic rings. The van der Waals surface area contributed by atoms with Gasteiger partial charge in [0, 0.05) is 10.9 Å². The number of nitrogens with zero attached hydrogens (tertiary/aromatic N) is 2. The number of rotatable bonds is 6. The van der Waals surface area contributed by atoms with Crippen LogP contribution in [0, 0.1) is 11.6 Å². The largest absolute Gasteiger partial charge is 0.348 e. The third-order valence-corrected chi connectivity index (χ3v) is 5.62. The average molecular weight is 447 g/mol. The minimum atomic E-state index is -1.02. The third kappa shape index (κ3) is 4.67. The third-order valence-electron chi connectivity index (χ3n) is 5.62. The van der Waals surface area contributed by atoms with E-state index in [1.54, 1.807) is 24.3 Å². The summed E-state index contributed by atoms with van der Waals surface area (Å²) in [5, 5.41) is 8.05. The van der Waals surface area contributed by atoms with E-state index in [1.807, 2.05) is 31.2 Å². The highest BCUT2D eigenvalue weighted by atomic mass is 19.2. The second-order valence-corrected chi connectivity index (χ2v) is 7.87. The fourth-order valence-corrected chi connectivity index (χ4v) is 3.75. The van der Waals surface area contributed by atoms with Gasteiger partial charge in [0.25, 0.3) is 5.56 Å². The molecule has 0 aliphatic heterocycles. The predicted octanol–water partition coefficient (Wildman–Crippen LogP) is 4.78. The monoisotopic (exact) mass is 447 g/mol. The predicted molar refractivity (Wildman–Crippen MR) is 124 cm³/mol. The number of benzene rings is 3. The summed E-state index contributed by atoms with van der Waals surface area (Å²) >= 11 is 0. The second-order valence-electron chi connectivity index (χ2n) is 7.87. The number of hydrogen-bond donors (Lipinski definition) is 1. The van der Waals surface area contributed by atoms with Crippen molar-refractivity contribution in [2.24, 2.45) is 0 Å². The Morgan fingerprint density at radius 2 is 1.70 bits per heavy atom. The minimum Gasteiger partial charge on any atom is -0.348 e. The molecule has 4 rings (SSSR count). The summed E-state index contributed by atoms with van der Waals surface area (Å²) < 4.78 is 28.4. The fraction of sp³-hybridized carbons (Fsp3) is 0.192. The van der Waals surface area contributed by atoms with Crippen LogP contribution in [0.5, 0.6) is 0 Å². The van der Waals surface area contributed by atoms with Gasteiger partial charge in [-0.15, -0.1) is 0 Å². The van der Waals surface area contributed by atoms with Crippen molar-refractivity contribution in [3.63, 3.8) is 0 Å². The Kier molecular flexibility index (Phi) is 6.31. The highest BCUT2D eigenvalue weighted by molar-refractivity contribution is 5.93. The zero-order valence-corrected chi connectivity index (χ0v) is 18.3. The standard InChI is InChI=1S/C26H23F2N3O2/c1-3-17-8-10-18(11-9-17)16(2)29-24(32)15-31-26(33)21-7-5-4-6-20(21)25(30-31)19-12-13-22(27)23(28)14-19/h4-14,16H,3,15H2,1-2H3,(H,29,32). The minimum absolute atomic E-state index is 0.259. The Hall–Kier alpha value is -3.87. The van der Waals surface area contributed by atoms with Gasteiger partial charge in [0.2, 0.25) is 5.91 Å². The number of hydrogen-bond acceptors (Lipinski definition) is 3. The van der Waals surface area contributed by atoms with Gasteiger partial charge in [0.15, 0.2) is 11.6 Å². The Morgan fingerprint density at radius 3 is 2.36 bits per heavy atom. The zero-order chi connectivity index (χ0) is 23.5. The van der Waals surface area contributed by atoms with Crippen molar-refractivity contribution in [3.05, 3.63) is 99.8 Å². The lowest BCUT2D eigenvalue weighted by atomic mass is 10.0. The van der Waals surface area contributed by atoms with Crippen LogP contribution in [0.2, 0.25) is 0 Å². The topological polar surface area (TPSA) is 64.0 Å². The summed E-state index contributed by atoms with van der Waals surface area (Å²) in [6, 6.07) is 17.9. The molecule has 3 aromatic carbocycles. The molecule has 0 radical (unpaired) electrons. The van der Waals surface area contributed by atoms with Crippen molar-refractivity contribution in [1.82, 2.24) is 15.1 Å². The lowest BCUT2D eigenvalue weighted by Gasteiger charge is -2.16. The number of carbonyl (C=O) groups is 1. The van der Waals surface area contributed by atoms with Crippen molar-refractivity contribution < 1.29 is 13.6 Å². The van der Waals surface area contributed by atoms with Crippen molar-refractivity contribution >= 4 is 16.7 Å². The van der Waals surface area contributed by atoms with Gasteiger partial charge >= 0.3 is 0 Å². The summed E-state index contributed by atoms with van der Waals surface area (Å²) in [5.74, 6) is -2.38. The number of nitrogens with one attached hydrogen (secondary N) is 1. The van der Waals surface area contributed by atoms with Gasteiger partial charge in [-0.05, 0) is 48.7 Å². The molecule has 1 amide bonds. The van der Waals surface area contributed by atoms with Crippen molar-refractivity contribution in [3.8, 4) is 11.3 Å². The summed E-state index contributed by atoms with van der Waals surface area (Å²) in [4.78, 5) is 25.7. The van der Waals surface area contributed by atoms with Crippen LogP contribution in [0.3, 0.4) is 0 Å². The van der Waals surface area contributed by atoms with E-state index in [4.69, 9.17) is 0 Å². The first kappa shape index (κ1) is 22.3. The van der Waals surface area contributed by atoms with E-state index in [9.17, 15) is 18.4 Å². The molecule has 1 aromatic heterocycles. The van der Waals surface area contributed by atoms with E-state index in [-0.39, 0.29) is 18.5 Å². The SMILES string of the molecule is CCc1ccc(C(C)NC(=O)Cn2nc(-c3ccc(F)c(F)c3)c3ccccc3c2=O)cc1. The van der Waals surface area contributed by atoms with E-state index in [0.717, 1.165) is 28.8 Å². The molecule has 0 saturated heterocycles. The number of carbonyl (C=O) groups excluding carboxylic acids is 1. The Balaban J connectivity index is 1.65. The highest BCUT2D eigenvalue weighted by Crippen LogP contribution is 2.26. The van der Waals surface area contributed by atoms with Gasteiger partial charge < -0.3 is 5.32 Å². The molecule has 5 nitrogen and oxygen atoms in total. The molecule has 33 heavy (non-hydrogen) atoms. The van der Waals surface area contributed by atoms with Crippen molar-refractivity contribution in [2.75, 3.05) is 0 Å². The Bertz CT molecular complexity index is 1380. The smallest absolute Gasteiger partial charge is 0.275 e. The van der Waals surface area contributed by atoms with Crippen LogP contribution >= 0.6 is 0 Å². The summed E-state index contributed by atoms with van der Waals surface area (Å²) in [6.07, 6.45) is 0.928. The summed E-state index contributed by atoms with van der Waals surface area (Å²) in [6.45, 7) is 3.63. The van der Waals surface area contributed by atoms with Crippen LogP contribution in [0.4, 0.5) is 8.78 Å². The van der Waals surface area contributed by atoms with Crippen LogP contribution in [-0.2, 0) is 17.8 Å². The van der Waals surface area contributed by atoms with Crippen LogP contribution in [0.25, 0.3) is 22.0 Å². The molecule has 1 heterocycles. The summed E-state index contributed by atoms with van der Waals surface area (Å²) in [7, 11) is 0. The molecule has 0 fully saturated rings. The number of halogens is 2. The van der Waals surface area contributed by atoms with E-state index in [1.165, 1.54) is 11.6 Å². The molecule has 1 unspecified atom stereocenters. The normalized spacial score (nSPS) is 12.0. The molecule has 0 bridgehead atoms. The summed E-state index contributed by atoms with van der Waals surface area (Å²) in [5.41, 5.74) is 2.31. The molecule has 0 saturated carbocycles. The van der Waals surface area contributed by atoms with E-state index < -0.39 is 17.2 Å². The van der Waals surface area contributed by atoms with Crippen molar-refractivity contribution in [2.45, 2.75) is 32.9 Å². The van der Waals surface area contributed by atoms with Gasteiger partial charge in [0.05, 0.1) is 17.1 Å². The second kappa shape index (κ2) is 9.32. The molecule has 168 valence electrons. The van der Waals surface area contributed by atoms with Gasteiger partial charge in [-0.25, -0.2) is 13.5 Å². The molecule has 0 spiro atoms. The lowest BCUT2D eigenvalue weighted by molar-refractivity contribution is -0.122. The Morgan fingerprint density at radius 1 is 1.00 bits per heavy atom. The maximum atomic E-state index is 13.9. The molecule has 1 N–H and O–H groups in total. The first-order valence-electron chi connectivity index (χ1n) is 10.7. The van der Waals surface area contributed by atoms with Crippen LogP contribution in [0.1, 0.15) is 31.0 Å². The van der Waals surface area contributed by atoms with Gasteiger partial charge in [-0.2, -0.15) is 5.10 Å². The van der Waals surface area contributed by atoms with Gasteiger partial charge in [-0.3, -0.25) is 9.59 Å². The maximum Gasteiger partial charge on any atom is 0.275 e. The number of aromatic nitrogens is 2. The Labute approximate surface area is 189 Å². The molecule has 4 aromatic rings. The van der Waals surface area contributed by atoms with Crippen LogP contribution in [-0.4, -0.2) is 15.7 Å². The molecular formula is C26H23F2N3O2. The molecule has 0 aliphatic carbocycles. The lowest BCUT2D eigenvalue weighted by Crippen LogP contribution is -2.35. The molecule has 1 atom stereocenters. The van der Waals surface area contributed by atoms with Crippen molar-refractivity contribution in [1.29, 1.82) is 0 Å². The first-order chi connectivity index (χ1) is 15.9. The van der Waals surface area contributed by atoms with Crippen LogP contribution in [0.15, 0.2) is 71.5 Å². The highest BCUT2D eigenvalue weighted by Gasteiger charge is 2.17. The average Bonchev–Trinajstić information content (AvgIpc) is 2.82. The van der Waals surface area contributed by atoms with Gasteiger partial charge in [0.1, 0.15) is 6.54 Å². The van der Waals surface area contributed by atoms with Gasteiger partial charge in [-0.1, -0.05) is 49.4 Å². The zero-order valence-electron chi connectivity index (χ0n) is 18.3. The van der Waals surface area contributed by atoms with E-state index in [0.29, 0.717) is 22.0 Å². The number of aryl methyl sites for hydroxylation is 1. The van der Waals surface area contributed by atoms with E-state index in [2.05, 4.69) is 17.3 Å². The fourth-order valence-electron chi connectivity index (χ4n) is 3.75. The number of amides is 1. The maximum absolute atomic E-state index is 13.9. The van der Waals surface area contributed by atoms with E-state index >= 15 is 0 Å². The first-order valence-corrected chi connectivity index (χ1v) is 10.7. The molecule has 7 heteroatoms.